The molecule has 0 saturated carbocycles. The molecular formula is C11H19F3N2O3. The van der Waals surface area contributed by atoms with Gasteiger partial charge in [0.05, 0.1) is 26.2 Å². The number of aliphatic hydroxyl groups excluding tert-OH is 1. The van der Waals surface area contributed by atoms with Crippen molar-refractivity contribution in [2.45, 2.75) is 18.6 Å². The number of hydrogen-bond donors (Lipinski definition) is 2. The molecule has 0 aromatic heterocycles. The fraction of sp³-hybridized carbons (Fsp3) is 0.909. The van der Waals surface area contributed by atoms with Crippen molar-refractivity contribution < 1.29 is 27.8 Å². The van der Waals surface area contributed by atoms with Crippen LogP contribution in [0.1, 0.15) is 6.42 Å². The van der Waals surface area contributed by atoms with Gasteiger partial charge in [-0.3, -0.25) is 9.69 Å². The summed E-state index contributed by atoms with van der Waals surface area (Å²) in [7, 11) is 1.26. The molecular weight excluding hydrogens is 265 g/mol. The molecule has 19 heavy (non-hydrogen) atoms. The van der Waals surface area contributed by atoms with Crippen molar-refractivity contribution in [2.75, 3.05) is 39.9 Å². The molecule has 8 heteroatoms. The van der Waals surface area contributed by atoms with Gasteiger partial charge in [0.2, 0.25) is 0 Å². The zero-order chi connectivity index (χ0) is 14.5. The lowest BCUT2D eigenvalue weighted by Crippen LogP contribution is -2.53. The number of nitrogens with one attached hydrogen (secondary N) is 1. The van der Waals surface area contributed by atoms with Crippen molar-refractivity contribution >= 4 is 5.97 Å². The third-order valence-corrected chi connectivity index (χ3v) is 3.07. The number of aliphatic hydroxyl groups is 1. The van der Waals surface area contributed by atoms with E-state index in [1.165, 1.54) is 7.11 Å². The minimum Gasteiger partial charge on any atom is -0.469 e. The molecule has 0 aromatic rings. The topological polar surface area (TPSA) is 61.8 Å². The predicted molar refractivity (Wildman–Crippen MR) is 61.5 cm³/mol. The maximum absolute atomic E-state index is 12.2. The number of alkyl halides is 3. The van der Waals surface area contributed by atoms with Crippen LogP contribution in [-0.2, 0) is 9.53 Å². The largest absolute Gasteiger partial charge is 0.469 e. The Morgan fingerprint density at radius 3 is 2.68 bits per heavy atom. The smallest absolute Gasteiger partial charge is 0.401 e. The molecule has 5 nitrogen and oxygen atoms in total. The number of likely N-dealkylation sites (tertiary alicyclic amines) is 1. The molecule has 1 rings (SSSR count). The summed E-state index contributed by atoms with van der Waals surface area (Å²) in [6, 6.07) is -0.439. The molecule has 0 bridgehead atoms. The summed E-state index contributed by atoms with van der Waals surface area (Å²) >= 11 is 0. The molecule has 112 valence electrons. The molecule has 0 radical (unpaired) electrons. The highest BCUT2D eigenvalue weighted by atomic mass is 19.4. The average Bonchev–Trinajstić information content (AvgIpc) is 2.35. The van der Waals surface area contributed by atoms with E-state index in [1.54, 1.807) is 4.90 Å². The van der Waals surface area contributed by atoms with Gasteiger partial charge in [-0.1, -0.05) is 0 Å². The molecule has 1 heterocycles. The number of halogens is 3. The van der Waals surface area contributed by atoms with Crippen molar-refractivity contribution in [1.82, 2.24) is 10.2 Å². The first-order chi connectivity index (χ1) is 8.85. The third kappa shape index (κ3) is 5.75. The number of methoxy groups -OCH3 is 1. The maximum Gasteiger partial charge on any atom is 0.401 e. The Bertz CT molecular complexity index is 299. The van der Waals surface area contributed by atoms with Crippen LogP contribution in [0.2, 0.25) is 0 Å². The standard InChI is InChI=1S/C11H19F3N2O3/c1-19-10(18)8-4-9(15-7-11(12,13)14)6-16(5-8)2-3-17/h8-9,15,17H,2-7H2,1H3. The van der Waals surface area contributed by atoms with E-state index in [0.717, 1.165) is 0 Å². The summed E-state index contributed by atoms with van der Waals surface area (Å²) in [5, 5.41) is 11.3. The van der Waals surface area contributed by atoms with Gasteiger partial charge in [0, 0.05) is 25.7 Å². The van der Waals surface area contributed by atoms with Gasteiger partial charge in [0.25, 0.3) is 0 Å². The SMILES string of the molecule is COC(=O)C1CC(NCC(F)(F)F)CN(CCO)C1. The van der Waals surface area contributed by atoms with Crippen molar-refractivity contribution in [3.63, 3.8) is 0 Å². The minimum atomic E-state index is -4.28. The van der Waals surface area contributed by atoms with Gasteiger partial charge in [0.15, 0.2) is 0 Å². The lowest BCUT2D eigenvalue weighted by molar-refractivity contribution is -0.148. The van der Waals surface area contributed by atoms with Gasteiger partial charge in [0.1, 0.15) is 0 Å². The van der Waals surface area contributed by atoms with Gasteiger partial charge in [-0.25, -0.2) is 0 Å². The molecule has 0 amide bonds. The maximum atomic E-state index is 12.2. The van der Waals surface area contributed by atoms with Gasteiger partial charge >= 0.3 is 12.1 Å². The van der Waals surface area contributed by atoms with Crippen LogP contribution in [0, 0.1) is 5.92 Å². The Kier molecular flexibility index (Phi) is 6.02. The van der Waals surface area contributed by atoms with Gasteiger partial charge in [-0.15, -0.1) is 0 Å². The normalized spacial score (nSPS) is 25.3. The Morgan fingerprint density at radius 1 is 1.47 bits per heavy atom. The molecule has 0 aliphatic carbocycles. The molecule has 1 fully saturated rings. The van der Waals surface area contributed by atoms with Crippen LogP contribution in [-0.4, -0.2) is 68.1 Å². The Morgan fingerprint density at radius 2 is 2.16 bits per heavy atom. The van der Waals surface area contributed by atoms with E-state index in [2.05, 4.69) is 10.1 Å². The number of carbonyl (C=O) groups excluding carboxylic acids is 1. The summed E-state index contributed by atoms with van der Waals surface area (Å²) in [4.78, 5) is 13.3. The number of carbonyl (C=O) groups is 1. The van der Waals surface area contributed by atoms with Crippen LogP contribution >= 0.6 is 0 Å². The number of rotatable bonds is 5. The zero-order valence-corrected chi connectivity index (χ0v) is 10.7. The highest BCUT2D eigenvalue weighted by molar-refractivity contribution is 5.72. The van der Waals surface area contributed by atoms with E-state index in [4.69, 9.17) is 5.11 Å². The van der Waals surface area contributed by atoms with E-state index in [9.17, 15) is 18.0 Å². The number of piperidine rings is 1. The van der Waals surface area contributed by atoms with Crippen molar-refractivity contribution in [1.29, 1.82) is 0 Å². The van der Waals surface area contributed by atoms with E-state index >= 15 is 0 Å². The molecule has 2 N–H and O–H groups in total. The zero-order valence-electron chi connectivity index (χ0n) is 10.7. The summed E-state index contributed by atoms with van der Waals surface area (Å²) in [6.07, 6.45) is -3.97. The third-order valence-electron chi connectivity index (χ3n) is 3.07. The Labute approximate surface area is 109 Å². The molecule has 1 saturated heterocycles. The van der Waals surface area contributed by atoms with Gasteiger partial charge < -0.3 is 15.2 Å². The molecule has 2 unspecified atom stereocenters. The van der Waals surface area contributed by atoms with E-state index in [-0.39, 0.29) is 6.61 Å². The van der Waals surface area contributed by atoms with Crippen molar-refractivity contribution in [2.24, 2.45) is 5.92 Å². The minimum absolute atomic E-state index is 0.0973. The first-order valence-corrected chi connectivity index (χ1v) is 6.07. The van der Waals surface area contributed by atoms with Crippen LogP contribution < -0.4 is 5.32 Å². The summed E-state index contributed by atoms with van der Waals surface area (Å²) in [5.74, 6) is -0.891. The first-order valence-electron chi connectivity index (χ1n) is 6.07. The van der Waals surface area contributed by atoms with E-state index in [0.29, 0.717) is 26.1 Å². The fourth-order valence-corrected chi connectivity index (χ4v) is 2.26. The average molecular weight is 284 g/mol. The van der Waals surface area contributed by atoms with Crippen LogP contribution in [0.3, 0.4) is 0 Å². The number of esters is 1. The van der Waals surface area contributed by atoms with E-state index in [1.807, 2.05) is 0 Å². The van der Waals surface area contributed by atoms with Crippen LogP contribution in [0.25, 0.3) is 0 Å². The Hall–Kier alpha value is -0.860. The summed E-state index contributed by atoms with van der Waals surface area (Å²) in [5.41, 5.74) is 0. The van der Waals surface area contributed by atoms with Crippen molar-refractivity contribution in [3.8, 4) is 0 Å². The number of ether oxygens (including phenoxy) is 1. The van der Waals surface area contributed by atoms with Gasteiger partial charge in [-0.2, -0.15) is 13.2 Å². The monoisotopic (exact) mass is 284 g/mol. The lowest BCUT2D eigenvalue weighted by Gasteiger charge is -2.36. The van der Waals surface area contributed by atoms with E-state index < -0.39 is 30.7 Å². The highest BCUT2D eigenvalue weighted by Gasteiger charge is 2.34. The molecule has 2 atom stereocenters. The van der Waals surface area contributed by atoms with Crippen LogP contribution in [0.5, 0.6) is 0 Å². The van der Waals surface area contributed by atoms with Gasteiger partial charge in [-0.05, 0) is 6.42 Å². The number of nitrogens with zero attached hydrogens (tertiary/aromatic N) is 1. The second kappa shape index (κ2) is 7.06. The summed E-state index contributed by atoms with van der Waals surface area (Å²) in [6.45, 7) is -0.0718. The van der Waals surface area contributed by atoms with Crippen LogP contribution in [0.4, 0.5) is 13.2 Å². The first kappa shape index (κ1) is 16.2. The molecule has 0 aromatic carbocycles. The fourth-order valence-electron chi connectivity index (χ4n) is 2.26. The quantitative estimate of drug-likeness (QED) is 0.696. The number of hydrogen-bond acceptors (Lipinski definition) is 5. The highest BCUT2D eigenvalue weighted by Crippen LogP contribution is 2.20. The second-order valence-corrected chi connectivity index (χ2v) is 4.63. The molecule has 1 aliphatic heterocycles. The summed E-state index contributed by atoms with van der Waals surface area (Å²) < 4.78 is 41.1. The van der Waals surface area contributed by atoms with Crippen LogP contribution in [0.15, 0.2) is 0 Å². The number of β-amino-alcohol motifs (C(OH)–C–C–N with tert-alkyl or cyclic N) is 1. The Balaban J connectivity index is 2.57. The lowest BCUT2D eigenvalue weighted by atomic mass is 9.94. The molecule has 1 aliphatic rings. The predicted octanol–water partition coefficient (Wildman–Crippen LogP) is -0.00590. The molecule has 0 spiro atoms. The van der Waals surface area contributed by atoms with Crippen molar-refractivity contribution in [3.05, 3.63) is 0 Å². The second-order valence-electron chi connectivity index (χ2n) is 4.63.